The molecular formula is C22H23N5O6S. The highest BCUT2D eigenvalue weighted by molar-refractivity contribution is 8.18. The number of hydrogen-bond acceptors (Lipinski definition) is 8. The highest BCUT2D eigenvalue weighted by Crippen LogP contribution is 2.35. The summed E-state index contributed by atoms with van der Waals surface area (Å²) in [6.07, 6.45) is 1.58. The Morgan fingerprint density at radius 2 is 1.94 bits per heavy atom. The first-order chi connectivity index (χ1) is 16.2. The van der Waals surface area contributed by atoms with Gasteiger partial charge in [-0.15, -0.1) is 0 Å². The number of nitrogens with two attached hydrogens (primary N) is 1. The van der Waals surface area contributed by atoms with Gasteiger partial charge in [0.05, 0.1) is 28.7 Å². The highest BCUT2D eigenvalue weighted by Gasteiger charge is 2.36. The molecule has 178 valence electrons. The Labute approximate surface area is 199 Å². The van der Waals surface area contributed by atoms with Crippen molar-refractivity contribution in [2.45, 2.75) is 13.8 Å². The number of thioether (sulfide) groups is 1. The number of primary amides is 1. The molecule has 1 aromatic carbocycles. The summed E-state index contributed by atoms with van der Waals surface area (Å²) in [6, 6.07) is 6.93. The topological polar surface area (TPSA) is 141 Å². The highest BCUT2D eigenvalue weighted by atomic mass is 32.2. The standard InChI is InChI=1S/C22H23N5O6S/c1-13-9-15(10-19-21(29)25(12-20(23)28)22(30)34-19)14(2)26(13)16-3-4-17(18(11-16)27(31)32)24-5-7-33-8-6-24/h3-4,9-11H,5-8,12H2,1-2H3,(H2,23,28)/b19-10-. The number of imide groups is 1. The average Bonchev–Trinajstić information content (AvgIpc) is 3.22. The number of benzene rings is 1. The number of nitro groups is 1. The molecule has 3 amide bonds. The van der Waals surface area contributed by atoms with E-state index in [0.717, 1.165) is 28.0 Å². The lowest BCUT2D eigenvalue weighted by molar-refractivity contribution is -0.384. The molecule has 4 rings (SSSR count). The van der Waals surface area contributed by atoms with Gasteiger partial charge >= 0.3 is 0 Å². The van der Waals surface area contributed by atoms with Gasteiger partial charge < -0.3 is 19.9 Å². The third-order valence-electron chi connectivity index (χ3n) is 5.71. The van der Waals surface area contributed by atoms with Crippen molar-refractivity contribution in [3.63, 3.8) is 0 Å². The normalized spacial score (nSPS) is 17.6. The molecule has 0 saturated carbocycles. The van der Waals surface area contributed by atoms with Crippen molar-refractivity contribution in [3.8, 4) is 5.69 Å². The third-order valence-corrected chi connectivity index (χ3v) is 6.62. The van der Waals surface area contributed by atoms with Crippen LogP contribution in [0.4, 0.5) is 16.2 Å². The Bertz CT molecular complexity index is 1230. The van der Waals surface area contributed by atoms with Crippen LogP contribution in [0.1, 0.15) is 17.0 Å². The molecule has 0 radical (unpaired) electrons. The van der Waals surface area contributed by atoms with E-state index in [1.807, 2.05) is 35.4 Å². The van der Waals surface area contributed by atoms with E-state index in [1.54, 1.807) is 12.1 Å². The Kier molecular flexibility index (Phi) is 6.44. The van der Waals surface area contributed by atoms with Crippen molar-refractivity contribution < 1.29 is 24.0 Å². The minimum absolute atomic E-state index is 0.000945. The van der Waals surface area contributed by atoms with Crippen LogP contribution >= 0.6 is 11.8 Å². The monoisotopic (exact) mass is 485 g/mol. The maximum atomic E-state index is 12.5. The molecule has 2 aliphatic rings. The number of aromatic nitrogens is 1. The average molecular weight is 486 g/mol. The molecule has 0 unspecified atom stereocenters. The molecule has 2 N–H and O–H groups in total. The second kappa shape index (κ2) is 9.31. The van der Waals surface area contributed by atoms with E-state index in [-0.39, 0.29) is 10.6 Å². The van der Waals surface area contributed by atoms with Gasteiger partial charge in [0.2, 0.25) is 5.91 Å². The molecule has 0 spiro atoms. The zero-order valence-corrected chi connectivity index (χ0v) is 19.5. The fraction of sp³-hybridized carbons (Fsp3) is 0.318. The Balaban J connectivity index is 1.69. The molecule has 34 heavy (non-hydrogen) atoms. The molecule has 2 fully saturated rings. The summed E-state index contributed by atoms with van der Waals surface area (Å²) in [6.45, 7) is 5.40. The van der Waals surface area contributed by atoms with Gasteiger partial charge in [0.1, 0.15) is 12.2 Å². The van der Waals surface area contributed by atoms with Gasteiger partial charge in [0, 0.05) is 30.5 Å². The van der Waals surface area contributed by atoms with Crippen molar-refractivity contribution in [3.05, 3.63) is 56.2 Å². The number of nitrogens with zero attached hydrogens (tertiary/aromatic N) is 4. The van der Waals surface area contributed by atoms with Gasteiger partial charge in [-0.2, -0.15) is 0 Å². The van der Waals surface area contributed by atoms with E-state index in [9.17, 15) is 24.5 Å². The minimum Gasteiger partial charge on any atom is -0.378 e. The number of morpholine rings is 1. The first-order valence-corrected chi connectivity index (χ1v) is 11.3. The maximum Gasteiger partial charge on any atom is 0.294 e. The van der Waals surface area contributed by atoms with Crippen LogP contribution in [0.15, 0.2) is 29.2 Å². The molecule has 3 heterocycles. The summed E-state index contributed by atoms with van der Waals surface area (Å²) in [5.74, 6) is -1.35. The van der Waals surface area contributed by atoms with Crippen LogP contribution in [0, 0.1) is 24.0 Å². The van der Waals surface area contributed by atoms with Crippen LogP contribution in [0.5, 0.6) is 0 Å². The van der Waals surface area contributed by atoms with Gasteiger partial charge in [0.15, 0.2) is 0 Å². The van der Waals surface area contributed by atoms with E-state index in [0.29, 0.717) is 43.2 Å². The first-order valence-electron chi connectivity index (χ1n) is 10.5. The van der Waals surface area contributed by atoms with Crippen molar-refractivity contribution in [1.29, 1.82) is 0 Å². The SMILES string of the molecule is Cc1cc(/C=C2\SC(=O)N(CC(N)=O)C2=O)c(C)n1-c1ccc(N2CCOCC2)c([N+](=O)[O-])c1. The van der Waals surface area contributed by atoms with Crippen molar-refractivity contribution in [2.24, 2.45) is 5.73 Å². The Morgan fingerprint density at radius 3 is 2.59 bits per heavy atom. The minimum atomic E-state index is -0.774. The quantitative estimate of drug-likeness (QED) is 0.373. The number of rotatable bonds is 6. The lowest BCUT2D eigenvalue weighted by Crippen LogP contribution is -2.36. The van der Waals surface area contributed by atoms with Gasteiger partial charge in [-0.1, -0.05) is 0 Å². The number of carbonyl (C=O) groups excluding carboxylic acids is 3. The van der Waals surface area contributed by atoms with E-state index in [4.69, 9.17) is 10.5 Å². The Morgan fingerprint density at radius 1 is 1.24 bits per heavy atom. The largest absolute Gasteiger partial charge is 0.378 e. The second-order valence-corrected chi connectivity index (χ2v) is 8.92. The molecule has 11 nitrogen and oxygen atoms in total. The molecule has 1 aromatic heterocycles. The summed E-state index contributed by atoms with van der Waals surface area (Å²) in [5, 5.41) is 11.3. The molecule has 12 heteroatoms. The Hall–Kier alpha value is -3.64. The maximum absolute atomic E-state index is 12.5. The first kappa shape index (κ1) is 23.5. The number of nitro benzene ring substituents is 1. The fourth-order valence-electron chi connectivity index (χ4n) is 4.13. The van der Waals surface area contributed by atoms with Gasteiger partial charge in [-0.25, -0.2) is 0 Å². The molecule has 2 aromatic rings. The number of hydrogen-bond donors (Lipinski definition) is 1. The van der Waals surface area contributed by atoms with Crippen LogP contribution in [-0.4, -0.2) is 64.3 Å². The van der Waals surface area contributed by atoms with Crippen LogP contribution in [0.3, 0.4) is 0 Å². The van der Waals surface area contributed by atoms with E-state index in [2.05, 4.69) is 0 Å². The molecule has 0 aliphatic carbocycles. The zero-order valence-electron chi connectivity index (χ0n) is 18.6. The van der Waals surface area contributed by atoms with Crippen LogP contribution in [-0.2, 0) is 14.3 Å². The molecule has 0 atom stereocenters. The van der Waals surface area contributed by atoms with Gasteiger partial charge in [0.25, 0.3) is 16.8 Å². The lowest BCUT2D eigenvalue weighted by Gasteiger charge is -2.28. The van der Waals surface area contributed by atoms with Crippen molar-refractivity contribution in [1.82, 2.24) is 9.47 Å². The van der Waals surface area contributed by atoms with Gasteiger partial charge in [-0.05, 0) is 55.4 Å². The summed E-state index contributed by atoms with van der Waals surface area (Å²) >= 11 is 0.739. The molecule has 2 aliphatic heterocycles. The number of anilines is 1. The van der Waals surface area contributed by atoms with Crippen LogP contribution in [0.25, 0.3) is 11.8 Å². The summed E-state index contributed by atoms with van der Waals surface area (Å²) < 4.78 is 7.21. The number of aryl methyl sites for hydroxylation is 1. The number of amides is 3. The number of carbonyl (C=O) groups is 3. The number of ether oxygens (including phenoxy) is 1. The van der Waals surface area contributed by atoms with Gasteiger partial charge in [-0.3, -0.25) is 29.4 Å². The lowest BCUT2D eigenvalue weighted by atomic mass is 10.2. The zero-order chi connectivity index (χ0) is 24.6. The predicted molar refractivity (Wildman–Crippen MR) is 127 cm³/mol. The summed E-state index contributed by atoms with van der Waals surface area (Å²) in [7, 11) is 0. The molecular weight excluding hydrogens is 462 g/mol. The second-order valence-electron chi connectivity index (χ2n) is 7.93. The van der Waals surface area contributed by atoms with E-state index < -0.39 is 28.5 Å². The smallest absolute Gasteiger partial charge is 0.294 e. The van der Waals surface area contributed by atoms with Crippen LogP contribution in [0.2, 0.25) is 0 Å². The summed E-state index contributed by atoms with van der Waals surface area (Å²) in [5.41, 5.74) is 8.51. The predicted octanol–water partition coefficient (Wildman–Crippen LogP) is 2.36. The molecule has 0 bridgehead atoms. The molecule has 2 saturated heterocycles. The third kappa shape index (κ3) is 4.41. The van der Waals surface area contributed by atoms with Crippen molar-refractivity contribution >= 4 is 46.3 Å². The van der Waals surface area contributed by atoms with Crippen molar-refractivity contribution in [2.75, 3.05) is 37.7 Å². The summed E-state index contributed by atoms with van der Waals surface area (Å²) in [4.78, 5) is 50.2. The van der Waals surface area contributed by atoms with E-state index >= 15 is 0 Å². The fourth-order valence-corrected chi connectivity index (χ4v) is 4.96. The van der Waals surface area contributed by atoms with Crippen LogP contribution < -0.4 is 10.6 Å². The van der Waals surface area contributed by atoms with E-state index in [1.165, 1.54) is 6.07 Å².